The summed E-state index contributed by atoms with van der Waals surface area (Å²) in [7, 11) is 1.74. The van der Waals surface area contributed by atoms with Crippen molar-refractivity contribution in [2.45, 2.75) is 18.4 Å². The maximum absolute atomic E-state index is 5.63. The Bertz CT molecular complexity index is 787. The van der Waals surface area contributed by atoms with E-state index < -0.39 is 0 Å². The molecule has 1 heterocycles. The smallest absolute Gasteiger partial charge is 0.124 e. The molecule has 3 atom stereocenters. The van der Waals surface area contributed by atoms with Gasteiger partial charge in [-0.25, -0.2) is 0 Å². The van der Waals surface area contributed by atoms with Crippen LogP contribution in [0.25, 0.3) is 0 Å². The Morgan fingerprint density at radius 3 is 2.83 bits per heavy atom. The van der Waals surface area contributed by atoms with Crippen molar-refractivity contribution in [2.24, 2.45) is 5.92 Å². The van der Waals surface area contributed by atoms with Crippen LogP contribution in [0, 0.1) is 5.92 Å². The Kier molecular flexibility index (Phi) is 3.98. The van der Waals surface area contributed by atoms with E-state index in [2.05, 4.69) is 73.6 Å². The lowest BCUT2D eigenvalue weighted by atomic mass is 9.77. The van der Waals surface area contributed by atoms with Gasteiger partial charge in [-0.2, -0.15) is 0 Å². The van der Waals surface area contributed by atoms with Crippen LogP contribution >= 0.6 is 31.9 Å². The van der Waals surface area contributed by atoms with E-state index in [-0.39, 0.29) is 6.04 Å². The number of hydrogen-bond donors (Lipinski definition) is 1. The summed E-state index contributed by atoms with van der Waals surface area (Å²) in [5.41, 5.74) is 3.79. The number of methoxy groups -OCH3 is 1. The van der Waals surface area contributed by atoms with Crippen molar-refractivity contribution < 1.29 is 4.74 Å². The minimum absolute atomic E-state index is 0.230. The number of benzene rings is 2. The van der Waals surface area contributed by atoms with Gasteiger partial charge >= 0.3 is 0 Å². The van der Waals surface area contributed by atoms with Crippen molar-refractivity contribution in [1.29, 1.82) is 0 Å². The van der Waals surface area contributed by atoms with Gasteiger partial charge < -0.3 is 10.1 Å². The second-order valence-electron chi connectivity index (χ2n) is 6.07. The molecule has 0 aromatic heterocycles. The first kappa shape index (κ1) is 15.3. The molecule has 1 N–H and O–H groups in total. The second-order valence-corrected chi connectivity index (χ2v) is 7.84. The molecular formula is C19H17Br2NO. The summed E-state index contributed by atoms with van der Waals surface area (Å²) in [5.74, 6) is 1.91. The number of halogens is 2. The topological polar surface area (TPSA) is 21.3 Å². The van der Waals surface area contributed by atoms with E-state index in [1.165, 1.54) is 16.8 Å². The van der Waals surface area contributed by atoms with E-state index in [4.69, 9.17) is 4.74 Å². The summed E-state index contributed by atoms with van der Waals surface area (Å²) in [4.78, 5) is 0. The monoisotopic (exact) mass is 433 g/mol. The van der Waals surface area contributed by atoms with Gasteiger partial charge in [-0.3, -0.25) is 0 Å². The summed E-state index contributed by atoms with van der Waals surface area (Å²) in [6, 6.07) is 12.9. The van der Waals surface area contributed by atoms with Gasteiger partial charge in [0, 0.05) is 20.4 Å². The Morgan fingerprint density at radius 1 is 1.13 bits per heavy atom. The molecule has 118 valence electrons. The molecular weight excluding hydrogens is 418 g/mol. The molecule has 0 spiro atoms. The molecule has 0 fully saturated rings. The number of anilines is 1. The standard InChI is InChI=1S/C19H17Br2NO/c1-23-17-9-8-11(20)10-15(17)18-13-5-2-4-12(13)14-6-3-7-16(21)19(14)22-18/h2-4,6-10,12-13,18,22H,5H2,1H3/t12-,13+,18-/m1/s1. The normalized spacial score (nSPS) is 24.7. The molecule has 4 rings (SSSR count). The zero-order valence-corrected chi connectivity index (χ0v) is 15.9. The Hall–Kier alpha value is -1.26. The highest BCUT2D eigenvalue weighted by molar-refractivity contribution is 9.10. The highest BCUT2D eigenvalue weighted by atomic mass is 79.9. The molecule has 0 saturated heterocycles. The Labute approximate surface area is 153 Å². The number of hydrogen-bond acceptors (Lipinski definition) is 2. The molecule has 2 aromatic carbocycles. The first-order valence-electron chi connectivity index (χ1n) is 7.74. The largest absolute Gasteiger partial charge is 0.496 e. The predicted octanol–water partition coefficient (Wildman–Crippen LogP) is 6.05. The molecule has 0 bridgehead atoms. The minimum atomic E-state index is 0.230. The fourth-order valence-electron chi connectivity index (χ4n) is 3.84. The van der Waals surface area contributed by atoms with Crippen LogP contribution in [0.5, 0.6) is 5.75 Å². The summed E-state index contributed by atoms with van der Waals surface area (Å²) in [5, 5.41) is 3.77. The number of fused-ring (bicyclic) bond motifs is 3. The predicted molar refractivity (Wildman–Crippen MR) is 101 cm³/mol. The van der Waals surface area contributed by atoms with E-state index in [0.717, 1.165) is 21.1 Å². The van der Waals surface area contributed by atoms with Crippen LogP contribution in [0.4, 0.5) is 5.69 Å². The third-order valence-electron chi connectivity index (χ3n) is 4.87. The van der Waals surface area contributed by atoms with Crippen molar-refractivity contribution in [2.75, 3.05) is 12.4 Å². The number of rotatable bonds is 2. The van der Waals surface area contributed by atoms with Crippen LogP contribution in [0.3, 0.4) is 0 Å². The summed E-state index contributed by atoms with van der Waals surface area (Å²) < 4.78 is 7.82. The molecule has 4 heteroatoms. The fraction of sp³-hybridized carbons (Fsp3) is 0.263. The molecule has 1 aliphatic carbocycles. The van der Waals surface area contributed by atoms with Gasteiger partial charge in [-0.1, -0.05) is 40.2 Å². The zero-order valence-electron chi connectivity index (χ0n) is 12.7. The highest BCUT2D eigenvalue weighted by Gasteiger charge is 2.39. The van der Waals surface area contributed by atoms with E-state index in [1.807, 2.05) is 12.1 Å². The molecule has 0 saturated carbocycles. The lowest BCUT2D eigenvalue weighted by Gasteiger charge is -2.38. The van der Waals surface area contributed by atoms with Crippen LogP contribution in [0.2, 0.25) is 0 Å². The SMILES string of the molecule is COc1ccc(Br)cc1[C@@H]1Nc2c(Br)cccc2[C@@H]2C=CC[C@@H]21. The third-order valence-corrected chi connectivity index (χ3v) is 6.03. The van der Waals surface area contributed by atoms with Crippen LogP contribution in [-0.2, 0) is 0 Å². The highest BCUT2D eigenvalue weighted by Crippen LogP contribution is 2.52. The van der Waals surface area contributed by atoms with Gasteiger partial charge in [0.1, 0.15) is 5.75 Å². The van der Waals surface area contributed by atoms with E-state index in [0.29, 0.717) is 11.8 Å². The van der Waals surface area contributed by atoms with E-state index >= 15 is 0 Å². The Balaban J connectivity index is 1.85. The fourth-order valence-corrected chi connectivity index (χ4v) is 4.71. The van der Waals surface area contributed by atoms with Crippen LogP contribution in [-0.4, -0.2) is 7.11 Å². The molecule has 2 nitrogen and oxygen atoms in total. The van der Waals surface area contributed by atoms with Crippen molar-refractivity contribution in [3.63, 3.8) is 0 Å². The van der Waals surface area contributed by atoms with Crippen molar-refractivity contribution in [3.05, 3.63) is 68.6 Å². The molecule has 1 aliphatic heterocycles. The summed E-state index contributed by atoms with van der Waals surface area (Å²) in [6.07, 6.45) is 5.75. The quantitative estimate of drug-likeness (QED) is 0.581. The van der Waals surface area contributed by atoms with Gasteiger partial charge in [0.05, 0.1) is 18.8 Å². The zero-order chi connectivity index (χ0) is 16.0. The molecule has 0 radical (unpaired) electrons. The number of para-hydroxylation sites is 1. The van der Waals surface area contributed by atoms with Crippen molar-refractivity contribution in [3.8, 4) is 5.75 Å². The average Bonchev–Trinajstić information content (AvgIpc) is 3.04. The lowest BCUT2D eigenvalue weighted by Crippen LogP contribution is -2.29. The lowest BCUT2D eigenvalue weighted by molar-refractivity contribution is 0.381. The maximum atomic E-state index is 5.63. The van der Waals surface area contributed by atoms with E-state index in [1.54, 1.807) is 7.11 Å². The first-order valence-corrected chi connectivity index (χ1v) is 9.32. The summed E-state index contributed by atoms with van der Waals surface area (Å²) >= 11 is 7.30. The van der Waals surface area contributed by atoms with Crippen molar-refractivity contribution >= 4 is 37.5 Å². The maximum Gasteiger partial charge on any atom is 0.124 e. The first-order chi connectivity index (χ1) is 11.2. The van der Waals surface area contributed by atoms with Gasteiger partial charge in [0.15, 0.2) is 0 Å². The Morgan fingerprint density at radius 2 is 2.00 bits per heavy atom. The summed E-state index contributed by atoms with van der Waals surface area (Å²) in [6.45, 7) is 0. The van der Waals surface area contributed by atoms with Crippen LogP contribution in [0.1, 0.15) is 29.5 Å². The number of nitrogens with one attached hydrogen (secondary N) is 1. The second kappa shape index (κ2) is 5.99. The van der Waals surface area contributed by atoms with Gasteiger partial charge in [-0.05, 0) is 58.1 Å². The molecule has 0 amide bonds. The molecule has 2 aliphatic rings. The van der Waals surface area contributed by atoms with E-state index in [9.17, 15) is 0 Å². The van der Waals surface area contributed by atoms with Gasteiger partial charge in [0.2, 0.25) is 0 Å². The minimum Gasteiger partial charge on any atom is -0.496 e. The van der Waals surface area contributed by atoms with Gasteiger partial charge in [0.25, 0.3) is 0 Å². The molecule has 2 aromatic rings. The van der Waals surface area contributed by atoms with Gasteiger partial charge in [-0.15, -0.1) is 0 Å². The third kappa shape index (κ3) is 2.52. The molecule has 23 heavy (non-hydrogen) atoms. The average molecular weight is 435 g/mol. The van der Waals surface area contributed by atoms with Crippen LogP contribution < -0.4 is 10.1 Å². The number of ether oxygens (including phenoxy) is 1. The number of allylic oxidation sites excluding steroid dienone is 2. The van der Waals surface area contributed by atoms with Crippen molar-refractivity contribution in [1.82, 2.24) is 0 Å². The van der Waals surface area contributed by atoms with Crippen LogP contribution in [0.15, 0.2) is 57.5 Å². The molecule has 0 unspecified atom stereocenters.